The van der Waals surface area contributed by atoms with Crippen LogP contribution in [0.3, 0.4) is 0 Å². The molecule has 0 bridgehead atoms. The van der Waals surface area contributed by atoms with E-state index in [1.165, 1.54) is 12.1 Å². The zero-order valence-corrected chi connectivity index (χ0v) is 9.21. The van der Waals surface area contributed by atoms with Crippen molar-refractivity contribution < 1.29 is 0 Å². The van der Waals surface area contributed by atoms with Crippen LogP contribution in [0.25, 0.3) is 11.0 Å². The average Bonchev–Trinajstić information content (AvgIpc) is 2.29. The number of rotatable bonds is 0. The van der Waals surface area contributed by atoms with Gasteiger partial charge in [-0.2, -0.15) is 10.5 Å². The lowest BCUT2D eigenvalue weighted by Gasteiger charge is -2.01. The minimum absolute atomic E-state index is 0.0720. The van der Waals surface area contributed by atoms with Crippen molar-refractivity contribution in [1.29, 1.82) is 10.5 Å². The molecule has 0 aliphatic rings. The van der Waals surface area contributed by atoms with Gasteiger partial charge in [0.1, 0.15) is 12.1 Å². The fourth-order valence-corrected chi connectivity index (χ4v) is 1.51. The second kappa shape index (κ2) is 3.94. The second-order valence-corrected chi connectivity index (χ2v) is 3.63. The first-order valence-corrected chi connectivity index (χ1v) is 4.88. The summed E-state index contributed by atoms with van der Waals surface area (Å²) in [5, 5.41) is 17.8. The molecule has 1 aromatic heterocycles. The van der Waals surface area contributed by atoms with Gasteiger partial charge in [-0.15, -0.1) is 0 Å². The maximum absolute atomic E-state index is 8.82. The number of fused-ring (bicyclic) bond motifs is 1. The van der Waals surface area contributed by atoms with Crippen LogP contribution < -0.4 is 0 Å². The Bertz CT molecular complexity index is 609. The third-order valence-corrected chi connectivity index (χ3v) is 2.59. The Morgan fingerprint density at radius 2 is 1.25 bits per heavy atom. The summed E-state index contributed by atoms with van der Waals surface area (Å²) in [6, 6.07) is 6.74. The van der Waals surface area contributed by atoms with E-state index in [9.17, 15) is 0 Å². The van der Waals surface area contributed by atoms with Gasteiger partial charge in [-0.1, -0.05) is 23.2 Å². The van der Waals surface area contributed by atoms with Gasteiger partial charge in [-0.05, 0) is 12.1 Å². The highest BCUT2D eigenvalue weighted by molar-refractivity contribution is 6.40. The van der Waals surface area contributed by atoms with Crippen LogP contribution in [0.1, 0.15) is 11.1 Å². The van der Waals surface area contributed by atoms with Gasteiger partial charge in [0.25, 0.3) is 0 Å². The van der Waals surface area contributed by atoms with Crippen LogP contribution in [0.5, 0.6) is 0 Å². The third-order valence-electron chi connectivity index (χ3n) is 1.96. The smallest absolute Gasteiger partial charge is 0.167 e. The van der Waals surface area contributed by atoms with Crippen LogP contribution in [-0.2, 0) is 0 Å². The quantitative estimate of drug-likeness (QED) is 0.719. The molecule has 16 heavy (non-hydrogen) atoms. The van der Waals surface area contributed by atoms with Crippen molar-refractivity contribution in [3.8, 4) is 12.1 Å². The molecule has 0 atom stereocenters. The summed E-state index contributed by atoms with van der Waals surface area (Å²) in [6.45, 7) is 0. The molecule has 0 aliphatic heterocycles. The van der Waals surface area contributed by atoms with E-state index >= 15 is 0 Å². The number of aromatic nitrogens is 2. The van der Waals surface area contributed by atoms with Crippen LogP contribution in [-0.4, -0.2) is 9.97 Å². The molecule has 0 N–H and O–H groups in total. The van der Waals surface area contributed by atoms with Gasteiger partial charge in [0.05, 0.1) is 22.2 Å². The number of benzene rings is 1. The fraction of sp³-hybridized carbons (Fsp3) is 0. The van der Waals surface area contributed by atoms with Crippen LogP contribution in [0.4, 0.5) is 0 Å². The fourth-order valence-electron chi connectivity index (χ4n) is 1.24. The predicted octanol–water partition coefficient (Wildman–Crippen LogP) is 2.68. The van der Waals surface area contributed by atoms with E-state index in [1.807, 2.05) is 12.1 Å². The number of halogens is 2. The predicted molar refractivity (Wildman–Crippen MR) is 59.0 cm³/mol. The Balaban J connectivity index is 2.86. The molecule has 1 heterocycles. The summed E-state index contributed by atoms with van der Waals surface area (Å²) in [7, 11) is 0. The first kappa shape index (κ1) is 10.6. The molecule has 0 saturated heterocycles. The third kappa shape index (κ3) is 1.65. The normalized spacial score (nSPS) is 9.75. The van der Waals surface area contributed by atoms with Crippen molar-refractivity contribution in [2.75, 3.05) is 0 Å². The van der Waals surface area contributed by atoms with Crippen molar-refractivity contribution in [3.63, 3.8) is 0 Å². The summed E-state index contributed by atoms with van der Waals surface area (Å²) < 4.78 is 0. The lowest BCUT2D eigenvalue weighted by Crippen LogP contribution is -1.91. The summed E-state index contributed by atoms with van der Waals surface area (Å²) in [5.41, 5.74) is 1.35. The van der Waals surface area contributed by atoms with Gasteiger partial charge in [-0.25, -0.2) is 9.97 Å². The van der Waals surface area contributed by atoms with Crippen molar-refractivity contribution in [2.45, 2.75) is 0 Å². The van der Waals surface area contributed by atoms with Crippen molar-refractivity contribution in [3.05, 3.63) is 33.6 Å². The first-order valence-electron chi connectivity index (χ1n) is 4.12. The Morgan fingerprint density at radius 1 is 0.875 bits per heavy atom. The number of hydrogen-bond donors (Lipinski definition) is 0. The number of hydrogen-bond acceptors (Lipinski definition) is 4. The van der Waals surface area contributed by atoms with Crippen molar-refractivity contribution >= 4 is 34.2 Å². The Kier molecular flexibility index (Phi) is 2.62. The van der Waals surface area contributed by atoms with Crippen molar-refractivity contribution in [2.24, 2.45) is 0 Å². The van der Waals surface area contributed by atoms with Gasteiger partial charge in [0.2, 0.25) is 0 Å². The lowest BCUT2D eigenvalue weighted by atomic mass is 10.1. The van der Waals surface area contributed by atoms with Crippen molar-refractivity contribution in [1.82, 2.24) is 9.97 Å². The molecule has 0 unspecified atom stereocenters. The molecule has 0 fully saturated rings. The van der Waals surface area contributed by atoms with E-state index in [4.69, 9.17) is 33.7 Å². The monoisotopic (exact) mass is 248 g/mol. The molecule has 2 aromatic rings. The molecule has 1 aromatic carbocycles. The highest BCUT2D eigenvalue weighted by Gasteiger charge is 2.09. The molecular weight excluding hydrogens is 247 g/mol. The van der Waals surface area contributed by atoms with E-state index in [1.54, 1.807) is 0 Å². The second-order valence-electron chi connectivity index (χ2n) is 2.92. The molecule has 0 aliphatic carbocycles. The summed E-state index contributed by atoms with van der Waals surface area (Å²) in [6.07, 6.45) is 0. The summed E-state index contributed by atoms with van der Waals surface area (Å²) in [5.74, 6) is 0. The summed E-state index contributed by atoms with van der Waals surface area (Å²) in [4.78, 5) is 7.94. The van der Waals surface area contributed by atoms with Gasteiger partial charge in [0, 0.05) is 0 Å². The Hall–Kier alpha value is -1.88. The molecule has 6 heteroatoms. The number of nitriles is 2. The molecule has 0 radical (unpaired) electrons. The summed E-state index contributed by atoms with van der Waals surface area (Å²) >= 11 is 11.4. The highest BCUT2D eigenvalue weighted by atomic mass is 35.5. The minimum Gasteiger partial charge on any atom is -0.231 e. The van der Waals surface area contributed by atoms with E-state index < -0.39 is 0 Å². The Labute approximate surface area is 101 Å². The zero-order valence-electron chi connectivity index (χ0n) is 7.70. The van der Waals surface area contributed by atoms with Crippen LogP contribution in [0.15, 0.2) is 12.1 Å². The van der Waals surface area contributed by atoms with Crippen LogP contribution >= 0.6 is 23.2 Å². The molecule has 76 valence electrons. The SMILES string of the molecule is N#Cc1cc2nc(Cl)c(Cl)nc2cc1C#N. The number of nitrogens with zero attached hydrogens (tertiary/aromatic N) is 4. The Morgan fingerprint density at radius 3 is 1.56 bits per heavy atom. The maximum Gasteiger partial charge on any atom is 0.167 e. The standard InChI is InChI=1S/C10H2Cl2N4/c11-9-10(12)16-8-2-6(4-14)5(3-13)1-7(8)15-9/h1-2H. The van der Waals surface area contributed by atoms with Crippen LogP contribution in [0, 0.1) is 22.7 Å². The van der Waals surface area contributed by atoms with E-state index in [2.05, 4.69) is 9.97 Å². The molecule has 0 saturated carbocycles. The lowest BCUT2D eigenvalue weighted by molar-refractivity contribution is 1.28. The largest absolute Gasteiger partial charge is 0.231 e. The van der Waals surface area contributed by atoms with Gasteiger partial charge in [-0.3, -0.25) is 0 Å². The molecule has 2 rings (SSSR count). The van der Waals surface area contributed by atoms with Gasteiger partial charge < -0.3 is 0 Å². The molecule has 0 spiro atoms. The first-order chi connectivity index (χ1) is 7.65. The van der Waals surface area contributed by atoms with Gasteiger partial charge in [0.15, 0.2) is 10.3 Å². The van der Waals surface area contributed by atoms with E-state index in [0.717, 1.165) is 0 Å². The minimum atomic E-state index is 0.0720. The average molecular weight is 249 g/mol. The van der Waals surface area contributed by atoms with Crippen LogP contribution in [0.2, 0.25) is 10.3 Å². The van der Waals surface area contributed by atoms with E-state index in [0.29, 0.717) is 11.0 Å². The molecular formula is C10H2Cl2N4. The maximum atomic E-state index is 8.82. The highest BCUT2D eigenvalue weighted by Crippen LogP contribution is 2.23. The molecule has 4 nitrogen and oxygen atoms in total. The molecule has 0 amide bonds. The zero-order chi connectivity index (χ0) is 11.7. The van der Waals surface area contributed by atoms with Gasteiger partial charge >= 0.3 is 0 Å². The van der Waals surface area contributed by atoms with E-state index in [-0.39, 0.29) is 21.4 Å². The topological polar surface area (TPSA) is 73.4 Å².